The third-order valence-corrected chi connectivity index (χ3v) is 4.06. The standard InChI is InChI=1S/C17H27BrO/c1-2-3-4-5-6-7-8-9-13-17(19)15-11-10-12-16(18)14-15/h10-12,14,17,19H,2-9,13H2,1H3. The average molecular weight is 327 g/mol. The summed E-state index contributed by atoms with van der Waals surface area (Å²) in [5.74, 6) is 0. The Balaban J connectivity index is 2.06. The van der Waals surface area contributed by atoms with E-state index in [2.05, 4.69) is 22.9 Å². The third kappa shape index (κ3) is 7.74. The lowest BCUT2D eigenvalue weighted by Crippen LogP contribution is -1.97. The second-order valence-electron chi connectivity index (χ2n) is 5.33. The Labute approximate surface area is 126 Å². The second kappa shape index (κ2) is 10.4. The SMILES string of the molecule is CCCCCCCCCCC(O)c1cccc(Br)c1. The summed E-state index contributed by atoms with van der Waals surface area (Å²) >= 11 is 3.44. The molecule has 1 nitrogen and oxygen atoms in total. The Morgan fingerprint density at radius 3 is 2.26 bits per heavy atom. The molecule has 0 heterocycles. The van der Waals surface area contributed by atoms with E-state index in [1.54, 1.807) is 0 Å². The van der Waals surface area contributed by atoms with Gasteiger partial charge in [-0.3, -0.25) is 0 Å². The number of aliphatic hydroxyl groups is 1. The van der Waals surface area contributed by atoms with Crippen molar-refractivity contribution in [2.24, 2.45) is 0 Å². The molecule has 0 radical (unpaired) electrons. The lowest BCUT2D eigenvalue weighted by Gasteiger charge is -2.11. The summed E-state index contributed by atoms with van der Waals surface area (Å²) in [6, 6.07) is 7.98. The molecule has 108 valence electrons. The first-order valence-electron chi connectivity index (χ1n) is 7.67. The number of aliphatic hydroxyl groups excluding tert-OH is 1. The summed E-state index contributed by atoms with van der Waals surface area (Å²) in [7, 11) is 0. The first-order chi connectivity index (χ1) is 9.24. The molecule has 1 rings (SSSR count). The molecular weight excluding hydrogens is 300 g/mol. The van der Waals surface area contributed by atoms with Gasteiger partial charge in [0.05, 0.1) is 6.10 Å². The van der Waals surface area contributed by atoms with Gasteiger partial charge in [0.25, 0.3) is 0 Å². The minimum absolute atomic E-state index is 0.308. The van der Waals surface area contributed by atoms with E-state index in [0.717, 1.165) is 22.9 Å². The lowest BCUT2D eigenvalue weighted by atomic mass is 10.0. The van der Waals surface area contributed by atoms with E-state index in [9.17, 15) is 5.11 Å². The van der Waals surface area contributed by atoms with Crippen molar-refractivity contribution in [3.63, 3.8) is 0 Å². The van der Waals surface area contributed by atoms with Gasteiger partial charge < -0.3 is 5.11 Å². The van der Waals surface area contributed by atoms with Gasteiger partial charge in [0.2, 0.25) is 0 Å². The van der Waals surface area contributed by atoms with Crippen LogP contribution in [0, 0.1) is 0 Å². The Bertz CT molecular complexity index is 338. The maximum Gasteiger partial charge on any atom is 0.0790 e. The van der Waals surface area contributed by atoms with Gasteiger partial charge in [-0.25, -0.2) is 0 Å². The minimum atomic E-state index is -0.308. The molecule has 19 heavy (non-hydrogen) atoms. The molecule has 0 amide bonds. The van der Waals surface area contributed by atoms with Gasteiger partial charge in [-0.1, -0.05) is 86.4 Å². The first-order valence-corrected chi connectivity index (χ1v) is 8.47. The summed E-state index contributed by atoms with van der Waals surface area (Å²) in [5.41, 5.74) is 1.03. The predicted molar refractivity (Wildman–Crippen MR) is 86.3 cm³/mol. The molecule has 0 aliphatic carbocycles. The van der Waals surface area contributed by atoms with Crippen LogP contribution in [0.15, 0.2) is 28.7 Å². The smallest absolute Gasteiger partial charge is 0.0790 e. The maximum absolute atomic E-state index is 10.1. The molecule has 1 N–H and O–H groups in total. The van der Waals surface area contributed by atoms with Gasteiger partial charge in [-0.2, -0.15) is 0 Å². The van der Waals surface area contributed by atoms with E-state index in [1.807, 2.05) is 24.3 Å². The summed E-state index contributed by atoms with van der Waals surface area (Å²) < 4.78 is 1.04. The van der Waals surface area contributed by atoms with E-state index in [4.69, 9.17) is 0 Å². The van der Waals surface area contributed by atoms with Crippen molar-refractivity contribution in [2.75, 3.05) is 0 Å². The Hall–Kier alpha value is -0.340. The summed E-state index contributed by atoms with van der Waals surface area (Å²) in [4.78, 5) is 0. The van der Waals surface area contributed by atoms with Crippen LogP contribution in [-0.2, 0) is 0 Å². The first kappa shape index (κ1) is 16.7. The highest BCUT2D eigenvalue weighted by Gasteiger charge is 2.07. The number of rotatable bonds is 10. The molecule has 0 aliphatic heterocycles. The van der Waals surface area contributed by atoms with Crippen LogP contribution < -0.4 is 0 Å². The topological polar surface area (TPSA) is 20.2 Å². The van der Waals surface area contributed by atoms with Crippen LogP contribution in [0.25, 0.3) is 0 Å². The van der Waals surface area contributed by atoms with E-state index in [1.165, 1.54) is 44.9 Å². The highest BCUT2D eigenvalue weighted by atomic mass is 79.9. The minimum Gasteiger partial charge on any atom is -0.388 e. The molecule has 0 aliphatic rings. The van der Waals surface area contributed by atoms with Gasteiger partial charge in [0, 0.05) is 4.47 Å². The van der Waals surface area contributed by atoms with Crippen molar-refractivity contribution < 1.29 is 5.11 Å². The van der Waals surface area contributed by atoms with Crippen LogP contribution >= 0.6 is 15.9 Å². The molecule has 1 unspecified atom stereocenters. The highest BCUT2D eigenvalue weighted by molar-refractivity contribution is 9.10. The van der Waals surface area contributed by atoms with Crippen molar-refractivity contribution in [3.8, 4) is 0 Å². The van der Waals surface area contributed by atoms with Crippen molar-refractivity contribution in [3.05, 3.63) is 34.3 Å². The number of unbranched alkanes of at least 4 members (excludes halogenated alkanes) is 7. The van der Waals surface area contributed by atoms with E-state index >= 15 is 0 Å². The zero-order valence-corrected chi connectivity index (χ0v) is 13.7. The Kier molecular flexibility index (Phi) is 9.19. The number of halogens is 1. The molecule has 0 saturated carbocycles. The summed E-state index contributed by atoms with van der Waals surface area (Å²) in [6.45, 7) is 2.25. The third-order valence-electron chi connectivity index (χ3n) is 3.56. The van der Waals surface area contributed by atoms with Gasteiger partial charge in [-0.05, 0) is 24.1 Å². The fraction of sp³-hybridized carbons (Fsp3) is 0.647. The zero-order chi connectivity index (χ0) is 13.9. The fourth-order valence-electron chi connectivity index (χ4n) is 2.35. The number of hydrogen-bond donors (Lipinski definition) is 1. The van der Waals surface area contributed by atoms with Crippen molar-refractivity contribution in [1.29, 1.82) is 0 Å². The molecular formula is C17H27BrO. The predicted octanol–water partition coefficient (Wildman–Crippen LogP) is 6.01. The lowest BCUT2D eigenvalue weighted by molar-refractivity contribution is 0.163. The second-order valence-corrected chi connectivity index (χ2v) is 6.25. The fourth-order valence-corrected chi connectivity index (χ4v) is 2.77. The van der Waals surface area contributed by atoms with Gasteiger partial charge in [0.1, 0.15) is 0 Å². The average Bonchev–Trinajstić information content (AvgIpc) is 2.41. The summed E-state index contributed by atoms with van der Waals surface area (Å²) in [6.07, 6.45) is 11.1. The van der Waals surface area contributed by atoms with Crippen LogP contribution in [0.1, 0.15) is 76.4 Å². The molecule has 0 spiro atoms. The van der Waals surface area contributed by atoms with Crippen LogP contribution in [0.3, 0.4) is 0 Å². The van der Waals surface area contributed by atoms with Crippen molar-refractivity contribution in [2.45, 2.75) is 70.8 Å². The monoisotopic (exact) mass is 326 g/mol. The van der Waals surface area contributed by atoms with Gasteiger partial charge in [-0.15, -0.1) is 0 Å². The van der Waals surface area contributed by atoms with E-state index in [0.29, 0.717) is 0 Å². The number of hydrogen-bond acceptors (Lipinski definition) is 1. The van der Waals surface area contributed by atoms with E-state index in [-0.39, 0.29) is 6.10 Å². The molecule has 0 bridgehead atoms. The molecule has 1 atom stereocenters. The zero-order valence-electron chi connectivity index (χ0n) is 12.1. The van der Waals surface area contributed by atoms with Crippen LogP contribution in [0.4, 0.5) is 0 Å². The largest absolute Gasteiger partial charge is 0.388 e. The van der Waals surface area contributed by atoms with E-state index < -0.39 is 0 Å². The highest BCUT2D eigenvalue weighted by Crippen LogP contribution is 2.23. The normalized spacial score (nSPS) is 12.6. The molecule has 0 aromatic heterocycles. The molecule has 0 saturated heterocycles. The molecule has 0 fully saturated rings. The van der Waals surface area contributed by atoms with Crippen molar-refractivity contribution in [1.82, 2.24) is 0 Å². The molecule has 1 aromatic carbocycles. The Morgan fingerprint density at radius 2 is 1.63 bits per heavy atom. The van der Waals surface area contributed by atoms with Crippen LogP contribution in [0.5, 0.6) is 0 Å². The summed E-state index contributed by atoms with van der Waals surface area (Å²) in [5, 5.41) is 10.1. The molecule has 2 heteroatoms. The number of benzene rings is 1. The quantitative estimate of drug-likeness (QED) is 0.522. The molecule has 1 aromatic rings. The van der Waals surface area contributed by atoms with Crippen LogP contribution in [0.2, 0.25) is 0 Å². The van der Waals surface area contributed by atoms with Crippen molar-refractivity contribution >= 4 is 15.9 Å². The van der Waals surface area contributed by atoms with Gasteiger partial charge in [0.15, 0.2) is 0 Å². The maximum atomic E-state index is 10.1. The Morgan fingerprint density at radius 1 is 1.00 bits per heavy atom. The van der Waals surface area contributed by atoms with Crippen LogP contribution in [-0.4, -0.2) is 5.11 Å². The van der Waals surface area contributed by atoms with Gasteiger partial charge >= 0.3 is 0 Å².